The molecule has 226 valence electrons. The van der Waals surface area contributed by atoms with E-state index in [-0.39, 0.29) is 12.4 Å². The standard InChI is InChI=1S/C33H34FN6O3P/c1-44(2,42)15-13-39(12-14-41)21-28-8-11-32(43-28)24-6-9-31-29(18-24)33(36-22-35-31)40(20-23-4-3-5-26(34)16-23)27-7-10-30-25(17-27)19-37-38-30/h3-11,16-19,22,41H,12-15,20-21H2,1-2H3,(H,37,38). The van der Waals surface area contributed by atoms with E-state index in [4.69, 9.17) is 9.40 Å². The van der Waals surface area contributed by atoms with Crippen molar-refractivity contribution in [2.45, 2.75) is 13.1 Å². The molecule has 6 aromatic rings. The van der Waals surface area contributed by atoms with Crippen LogP contribution < -0.4 is 4.90 Å². The van der Waals surface area contributed by atoms with Crippen LogP contribution in [0.25, 0.3) is 33.1 Å². The number of aliphatic hydroxyl groups excluding tert-OH is 1. The molecule has 0 aliphatic heterocycles. The lowest BCUT2D eigenvalue weighted by Crippen LogP contribution is -2.29. The molecule has 11 heteroatoms. The number of aromatic amines is 1. The molecular weight excluding hydrogens is 578 g/mol. The Morgan fingerprint density at radius 2 is 1.86 bits per heavy atom. The Morgan fingerprint density at radius 1 is 0.977 bits per heavy atom. The molecule has 3 aromatic carbocycles. The van der Waals surface area contributed by atoms with Crippen molar-refractivity contribution in [1.29, 1.82) is 0 Å². The average Bonchev–Trinajstić information content (AvgIpc) is 3.67. The van der Waals surface area contributed by atoms with Crippen LogP contribution in [-0.4, -0.2) is 69.4 Å². The highest BCUT2D eigenvalue weighted by Crippen LogP contribution is 2.36. The second-order valence-corrected chi connectivity index (χ2v) is 14.9. The number of halogens is 1. The fourth-order valence-electron chi connectivity index (χ4n) is 5.25. The number of nitrogens with one attached hydrogen (secondary N) is 1. The summed E-state index contributed by atoms with van der Waals surface area (Å²) >= 11 is 0. The number of furan rings is 1. The van der Waals surface area contributed by atoms with Crippen molar-refractivity contribution in [2.75, 3.05) is 44.1 Å². The van der Waals surface area contributed by atoms with Crippen LogP contribution in [0.4, 0.5) is 15.9 Å². The molecule has 0 aliphatic carbocycles. The number of benzene rings is 3. The summed E-state index contributed by atoms with van der Waals surface area (Å²) in [5, 5.41) is 18.5. The lowest BCUT2D eigenvalue weighted by atomic mass is 10.1. The van der Waals surface area contributed by atoms with Crippen molar-refractivity contribution >= 4 is 40.5 Å². The Hall–Kier alpha value is -4.37. The zero-order valence-electron chi connectivity index (χ0n) is 24.7. The summed E-state index contributed by atoms with van der Waals surface area (Å²) in [5.74, 6) is 1.82. The molecule has 0 bridgehead atoms. The van der Waals surface area contributed by atoms with Crippen LogP contribution in [0.15, 0.2) is 89.7 Å². The van der Waals surface area contributed by atoms with Gasteiger partial charge in [-0.15, -0.1) is 0 Å². The highest BCUT2D eigenvalue weighted by atomic mass is 31.2. The quantitative estimate of drug-likeness (QED) is 0.148. The molecule has 0 radical (unpaired) electrons. The van der Waals surface area contributed by atoms with Crippen molar-refractivity contribution in [3.63, 3.8) is 0 Å². The molecule has 44 heavy (non-hydrogen) atoms. The maximum absolute atomic E-state index is 14.2. The van der Waals surface area contributed by atoms with Crippen LogP contribution in [0.2, 0.25) is 0 Å². The number of aliphatic hydroxyl groups is 1. The summed E-state index contributed by atoms with van der Waals surface area (Å²) in [5.41, 5.74) is 4.21. The summed E-state index contributed by atoms with van der Waals surface area (Å²) in [4.78, 5) is 13.4. The van der Waals surface area contributed by atoms with Crippen LogP contribution in [0, 0.1) is 5.82 Å². The molecule has 2 N–H and O–H groups in total. The molecule has 3 heterocycles. The van der Waals surface area contributed by atoms with Crippen molar-refractivity contribution in [3.05, 3.63) is 102 Å². The Kier molecular flexibility index (Phi) is 8.57. The zero-order valence-corrected chi connectivity index (χ0v) is 25.5. The average molecular weight is 613 g/mol. The first-order valence-corrected chi connectivity index (χ1v) is 17.2. The smallest absolute Gasteiger partial charge is 0.144 e. The van der Waals surface area contributed by atoms with E-state index in [1.165, 1.54) is 12.1 Å². The maximum atomic E-state index is 14.2. The van der Waals surface area contributed by atoms with Crippen molar-refractivity contribution in [3.8, 4) is 11.3 Å². The molecule has 9 nitrogen and oxygen atoms in total. The van der Waals surface area contributed by atoms with E-state index in [2.05, 4.69) is 25.0 Å². The van der Waals surface area contributed by atoms with E-state index in [1.807, 2.05) is 54.6 Å². The summed E-state index contributed by atoms with van der Waals surface area (Å²) < 4.78 is 32.7. The third-order valence-electron chi connectivity index (χ3n) is 7.53. The molecule has 6 rings (SSSR count). The van der Waals surface area contributed by atoms with Crippen LogP contribution >= 0.6 is 7.14 Å². The summed E-state index contributed by atoms with van der Waals surface area (Å²) in [6.45, 7) is 5.54. The van der Waals surface area contributed by atoms with Crippen LogP contribution in [-0.2, 0) is 17.7 Å². The van der Waals surface area contributed by atoms with Gasteiger partial charge in [0.1, 0.15) is 29.5 Å². The van der Waals surface area contributed by atoms with Gasteiger partial charge in [0.15, 0.2) is 0 Å². The normalized spacial score (nSPS) is 12.0. The van der Waals surface area contributed by atoms with Crippen LogP contribution in [0.5, 0.6) is 0 Å². The number of hydrogen-bond donors (Lipinski definition) is 2. The molecule has 0 fully saturated rings. The van der Waals surface area contributed by atoms with E-state index in [9.17, 15) is 14.1 Å². The predicted molar refractivity (Wildman–Crippen MR) is 172 cm³/mol. The molecule has 0 saturated heterocycles. The van der Waals surface area contributed by atoms with Crippen molar-refractivity contribution < 1.29 is 18.5 Å². The second kappa shape index (κ2) is 12.7. The first-order chi connectivity index (χ1) is 21.3. The molecule has 0 atom stereocenters. The third kappa shape index (κ3) is 6.89. The maximum Gasteiger partial charge on any atom is 0.144 e. The molecule has 3 aromatic heterocycles. The zero-order chi connectivity index (χ0) is 30.7. The molecule has 0 unspecified atom stereocenters. The first-order valence-electron chi connectivity index (χ1n) is 14.4. The summed E-state index contributed by atoms with van der Waals surface area (Å²) in [6, 6.07) is 22.3. The Labute approximate surface area is 254 Å². The highest BCUT2D eigenvalue weighted by molar-refractivity contribution is 7.62. The van der Waals surface area contributed by atoms with Crippen LogP contribution in [0.3, 0.4) is 0 Å². The van der Waals surface area contributed by atoms with E-state index >= 15 is 0 Å². The topological polar surface area (TPSA) is 111 Å². The monoisotopic (exact) mass is 612 g/mol. The van der Waals surface area contributed by atoms with Gasteiger partial charge in [-0.2, -0.15) is 5.10 Å². The van der Waals surface area contributed by atoms with Gasteiger partial charge >= 0.3 is 0 Å². The largest absolute Gasteiger partial charge is 0.460 e. The number of anilines is 2. The SMILES string of the molecule is CP(C)(=O)CCN(CCO)Cc1ccc(-c2ccc3ncnc(N(Cc4cccc(F)c4)c4ccc5[nH]ncc5c4)c3c2)o1. The second-order valence-electron chi connectivity index (χ2n) is 11.4. The number of rotatable bonds is 12. The first kappa shape index (κ1) is 29.7. The fraction of sp³-hybridized carbons (Fsp3) is 0.242. The molecule has 0 saturated carbocycles. The van der Waals surface area contributed by atoms with E-state index in [1.54, 1.807) is 31.9 Å². The lowest BCUT2D eigenvalue weighted by molar-refractivity contribution is 0.188. The summed E-state index contributed by atoms with van der Waals surface area (Å²) in [7, 11) is -2.18. The van der Waals surface area contributed by atoms with Gasteiger partial charge in [0.2, 0.25) is 0 Å². The van der Waals surface area contributed by atoms with E-state index in [0.717, 1.165) is 44.4 Å². The van der Waals surface area contributed by atoms with Gasteiger partial charge in [-0.1, -0.05) is 12.1 Å². The van der Waals surface area contributed by atoms with Gasteiger partial charge in [0.05, 0.1) is 37.5 Å². The van der Waals surface area contributed by atoms with Gasteiger partial charge in [-0.25, -0.2) is 14.4 Å². The molecule has 0 aliphatic rings. The Balaban J connectivity index is 1.36. The molecule has 0 amide bonds. The number of nitrogens with zero attached hydrogens (tertiary/aromatic N) is 5. The summed E-state index contributed by atoms with van der Waals surface area (Å²) in [6.07, 6.45) is 3.89. The van der Waals surface area contributed by atoms with Crippen molar-refractivity contribution in [2.24, 2.45) is 0 Å². The van der Waals surface area contributed by atoms with Gasteiger partial charge in [0.25, 0.3) is 0 Å². The fourth-order valence-corrected chi connectivity index (χ4v) is 6.01. The van der Waals surface area contributed by atoms with Gasteiger partial charge in [-0.3, -0.25) is 10.00 Å². The Morgan fingerprint density at radius 3 is 2.68 bits per heavy atom. The van der Waals surface area contributed by atoms with Crippen molar-refractivity contribution in [1.82, 2.24) is 25.1 Å². The van der Waals surface area contributed by atoms with Crippen LogP contribution in [0.1, 0.15) is 11.3 Å². The number of fused-ring (bicyclic) bond motifs is 2. The number of hydrogen-bond acceptors (Lipinski definition) is 8. The van der Waals surface area contributed by atoms with Gasteiger partial charge in [-0.05, 0) is 79.6 Å². The minimum atomic E-state index is -2.18. The minimum absolute atomic E-state index is 0.0123. The van der Waals surface area contributed by atoms with E-state index in [0.29, 0.717) is 43.9 Å². The van der Waals surface area contributed by atoms with E-state index < -0.39 is 7.14 Å². The number of aromatic nitrogens is 4. The van der Waals surface area contributed by atoms with Gasteiger partial charge < -0.3 is 19.0 Å². The molecular formula is C33H34FN6O3P. The Bertz CT molecular complexity index is 1950. The predicted octanol–water partition coefficient (Wildman–Crippen LogP) is 6.66. The number of H-pyrrole nitrogens is 1. The lowest BCUT2D eigenvalue weighted by Gasteiger charge is -2.25. The highest BCUT2D eigenvalue weighted by Gasteiger charge is 2.19. The minimum Gasteiger partial charge on any atom is -0.460 e. The third-order valence-corrected chi connectivity index (χ3v) is 8.81. The van der Waals surface area contributed by atoms with Gasteiger partial charge in [0, 0.05) is 47.8 Å². The molecule has 0 spiro atoms.